The van der Waals surface area contributed by atoms with Gasteiger partial charge in [-0.3, -0.25) is 18.5 Å². The van der Waals surface area contributed by atoms with Gasteiger partial charge in [-0.2, -0.15) is 0 Å². The van der Waals surface area contributed by atoms with E-state index in [2.05, 4.69) is 20.5 Å². The highest BCUT2D eigenvalue weighted by Crippen LogP contribution is 2.30. The van der Waals surface area contributed by atoms with E-state index in [1.807, 2.05) is 59.2 Å². The number of nitrogens with one attached hydrogen (secondary N) is 1. The molecule has 0 aliphatic rings. The number of anilines is 1. The van der Waals surface area contributed by atoms with Crippen molar-refractivity contribution < 1.29 is 4.74 Å². The number of nitrogens with zero attached hydrogens (tertiary/aromatic N) is 7. The first kappa shape index (κ1) is 23.4. The zero-order valence-corrected chi connectivity index (χ0v) is 21.0. The van der Waals surface area contributed by atoms with E-state index >= 15 is 0 Å². The van der Waals surface area contributed by atoms with Crippen molar-refractivity contribution >= 4 is 28.6 Å². The Morgan fingerprint density at radius 3 is 2.36 bits per heavy atom. The number of hydrogen-bond donors (Lipinski definition) is 1. The number of rotatable bonds is 7. The normalized spacial score (nSPS) is 11.2. The van der Waals surface area contributed by atoms with Gasteiger partial charge in [-0.1, -0.05) is 30.3 Å². The third kappa shape index (κ3) is 3.94. The molecule has 0 aliphatic carbocycles. The Morgan fingerprint density at radius 2 is 1.61 bits per heavy atom. The number of imidazole rings is 1. The monoisotopic (exact) mass is 504 g/mol. The predicted molar refractivity (Wildman–Crippen MR) is 137 cm³/mol. The van der Waals surface area contributed by atoms with E-state index in [0.717, 1.165) is 21.7 Å². The van der Waals surface area contributed by atoms with E-state index in [1.54, 1.807) is 25.8 Å². The topological polar surface area (TPSA) is 114 Å². The van der Waals surface area contributed by atoms with Gasteiger partial charge in [-0.15, -0.1) is 10.2 Å². The number of aryl methyl sites for hydroxylation is 2. The molecule has 0 atom stereocenters. The van der Waals surface area contributed by atoms with Crippen molar-refractivity contribution in [3.05, 3.63) is 81.3 Å². The number of methoxy groups -OCH3 is 1. The van der Waals surface area contributed by atoms with Crippen molar-refractivity contribution in [2.24, 2.45) is 21.1 Å². The molecule has 0 bridgehead atoms. The summed E-state index contributed by atoms with van der Waals surface area (Å²) in [5.41, 5.74) is 1.54. The smallest absolute Gasteiger partial charge is 0.332 e. The molecule has 11 nitrogen and oxygen atoms in total. The summed E-state index contributed by atoms with van der Waals surface area (Å²) in [4.78, 5) is 29.8. The van der Waals surface area contributed by atoms with Gasteiger partial charge in [-0.05, 0) is 36.0 Å². The van der Waals surface area contributed by atoms with Crippen molar-refractivity contribution in [3.8, 4) is 11.4 Å². The van der Waals surface area contributed by atoms with Gasteiger partial charge in [0.25, 0.3) is 5.56 Å². The fourth-order valence-electron chi connectivity index (χ4n) is 3.95. The third-order valence-corrected chi connectivity index (χ3v) is 6.87. The zero-order chi connectivity index (χ0) is 25.4. The first-order valence-corrected chi connectivity index (χ1v) is 11.9. The van der Waals surface area contributed by atoms with E-state index in [4.69, 9.17) is 4.74 Å². The van der Waals surface area contributed by atoms with E-state index < -0.39 is 11.2 Å². The Labute approximate surface area is 210 Å². The number of hydrogen-bond acceptors (Lipinski definition) is 8. The molecule has 0 fully saturated rings. The van der Waals surface area contributed by atoms with Crippen molar-refractivity contribution in [2.75, 3.05) is 12.4 Å². The second kappa shape index (κ2) is 9.38. The molecule has 36 heavy (non-hydrogen) atoms. The number of ether oxygens (including phenoxy) is 1. The number of fused-ring (bicyclic) bond motifs is 1. The lowest BCUT2D eigenvalue weighted by atomic mass is 10.3. The van der Waals surface area contributed by atoms with Crippen molar-refractivity contribution in [1.82, 2.24) is 33.4 Å². The number of benzene rings is 2. The maximum absolute atomic E-state index is 12.8. The average molecular weight is 505 g/mol. The van der Waals surface area contributed by atoms with E-state index in [-0.39, 0.29) is 0 Å². The highest BCUT2D eigenvalue weighted by Gasteiger charge is 2.21. The molecule has 0 radical (unpaired) electrons. The Morgan fingerprint density at radius 1 is 0.889 bits per heavy atom. The Kier molecular flexibility index (Phi) is 6.10. The summed E-state index contributed by atoms with van der Waals surface area (Å²) in [6.45, 7) is 0.389. The fourth-order valence-corrected chi connectivity index (χ4v) is 4.86. The molecule has 3 heterocycles. The molecule has 2 aromatic carbocycles. The average Bonchev–Trinajstić information content (AvgIpc) is 3.46. The van der Waals surface area contributed by atoms with Gasteiger partial charge in [0.1, 0.15) is 5.75 Å². The Bertz CT molecular complexity index is 1680. The van der Waals surface area contributed by atoms with Crippen LogP contribution in [0.4, 0.5) is 5.69 Å². The van der Waals surface area contributed by atoms with Crippen LogP contribution in [0.25, 0.3) is 16.9 Å². The van der Waals surface area contributed by atoms with Crippen LogP contribution in [0.3, 0.4) is 0 Å². The Hall–Kier alpha value is -4.32. The van der Waals surface area contributed by atoms with Gasteiger partial charge in [0.15, 0.2) is 22.1 Å². The lowest BCUT2D eigenvalue weighted by molar-refractivity contribution is 0.416. The number of para-hydroxylation sites is 3. The second-order valence-electron chi connectivity index (χ2n) is 8.06. The zero-order valence-electron chi connectivity index (χ0n) is 20.2. The predicted octanol–water partition coefficient (Wildman–Crippen LogP) is 2.32. The Balaban J connectivity index is 1.56. The van der Waals surface area contributed by atoms with Gasteiger partial charge in [0.05, 0.1) is 19.3 Å². The van der Waals surface area contributed by atoms with Crippen LogP contribution in [-0.4, -0.2) is 40.6 Å². The molecular formula is C24H24N8O3S. The molecule has 0 saturated heterocycles. The number of aromatic nitrogens is 7. The lowest BCUT2D eigenvalue weighted by Crippen LogP contribution is -2.37. The fraction of sp³-hybridized carbons (Fsp3) is 0.208. The molecular weight excluding hydrogens is 480 g/mol. The molecule has 0 spiro atoms. The summed E-state index contributed by atoms with van der Waals surface area (Å²) in [5, 5.41) is 13.3. The van der Waals surface area contributed by atoms with Crippen molar-refractivity contribution in [3.63, 3.8) is 0 Å². The van der Waals surface area contributed by atoms with E-state index in [1.165, 1.54) is 23.4 Å². The largest absolute Gasteiger partial charge is 0.495 e. The van der Waals surface area contributed by atoms with Crippen LogP contribution < -0.4 is 21.3 Å². The second-order valence-corrected chi connectivity index (χ2v) is 8.99. The maximum atomic E-state index is 12.8. The van der Waals surface area contributed by atoms with Gasteiger partial charge in [0.2, 0.25) is 5.16 Å². The maximum Gasteiger partial charge on any atom is 0.332 e. The lowest BCUT2D eigenvalue weighted by Gasteiger charge is -2.13. The van der Waals surface area contributed by atoms with E-state index in [9.17, 15) is 9.59 Å². The van der Waals surface area contributed by atoms with Crippen LogP contribution in [0.5, 0.6) is 5.75 Å². The van der Waals surface area contributed by atoms with Crippen molar-refractivity contribution in [2.45, 2.75) is 16.9 Å². The van der Waals surface area contributed by atoms with Crippen LogP contribution in [0.2, 0.25) is 0 Å². The highest BCUT2D eigenvalue weighted by atomic mass is 32.2. The summed E-state index contributed by atoms with van der Waals surface area (Å²) in [6, 6.07) is 17.4. The summed E-state index contributed by atoms with van der Waals surface area (Å²) >= 11 is 1.27. The molecule has 0 amide bonds. The molecule has 184 valence electrons. The standard InChI is InChI=1S/C24H24N8O3S/c1-29-19-20(30(2)24(34)31(3)21(19)33)26-22(29)36-23-28-27-18(32(23)15-10-6-5-7-11-15)14-25-16-12-8-9-13-17(16)35-4/h5-13,25H,14H2,1-4H3. The molecule has 0 aliphatic heterocycles. The van der Waals surface area contributed by atoms with Crippen LogP contribution >= 0.6 is 11.8 Å². The molecule has 12 heteroatoms. The molecule has 3 aromatic heterocycles. The van der Waals surface area contributed by atoms with Crippen LogP contribution in [-0.2, 0) is 27.7 Å². The first-order chi connectivity index (χ1) is 17.4. The van der Waals surface area contributed by atoms with Crippen LogP contribution in [0.15, 0.2) is 74.5 Å². The van der Waals surface area contributed by atoms with Gasteiger partial charge >= 0.3 is 5.69 Å². The SMILES string of the molecule is COc1ccccc1NCc1nnc(Sc2nc3c(c(=O)n(C)c(=O)n3C)n2C)n1-c1ccccc1. The molecule has 0 saturated carbocycles. The van der Waals surface area contributed by atoms with Gasteiger partial charge in [0, 0.05) is 26.8 Å². The van der Waals surface area contributed by atoms with Crippen molar-refractivity contribution in [1.29, 1.82) is 0 Å². The minimum absolute atomic E-state index is 0.317. The van der Waals surface area contributed by atoms with Gasteiger partial charge in [-0.25, -0.2) is 9.78 Å². The summed E-state index contributed by atoms with van der Waals surface area (Å²) in [6.07, 6.45) is 0. The highest BCUT2D eigenvalue weighted by molar-refractivity contribution is 7.99. The third-order valence-electron chi connectivity index (χ3n) is 5.88. The quantitative estimate of drug-likeness (QED) is 0.359. The molecule has 5 rings (SSSR count). The minimum Gasteiger partial charge on any atom is -0.495 e. The van der Waals surface area contributed by atoms with Crippen LogP contribution in [0, 0.1) is 0 Å². The van der Waals surface area contributed by atoms with Gasteiger partial charge < -0.3 is 14.6 Å². The van der Waals surface area contributed by atoms with Crippen LogP contribution in [0.1, 0.15) is 5.82 Å². The molecule has 0 unspecified atom stereocenters. The molecule has 5 aromatic rings. The minimum atomic E-state index is -0.431. The van der Waals surface area contributed by atoms with E-state index in [0.29, 0.717) is 33.8 Å². The summed E-state index contributed by atoms with van der Waals surface area (Å²) in [5.74, 6) is 1.40. The molecule has 1 N–H and O–H groups in total. The summed E-state index contributed by atoms with van der Waals surface area (Å²) < 4.78 is 11.5. The summed E-state index contributed by atoms with van der Waals surface area (Å²) in [7, 11) is 6.43. The first-order valence-electron chi connectivity index (χ1n) is 11.1.